The predicted molar refractivity (Wildman–Crippen MR) is 284 cm³/mol. The van der Waals surface area contributed by atoms with Crippen LogP contribution in [0.25, 0.3) is 0 Å². The van der Waals surface area contributed by atoms with Gasteiger partial charge in [0.1, 0.15) is 13.2 Å². The van der Waals surface area contributed by atoms with E-state index in [1.54, 1.807) is 0 Å². The average molecular weight is 934 g/mol. The highest BCUT2D eigenvalue weighted by molar-refractivity contribution is 5.71. The lowest BCUT2D eigenvalue weighted by atomic mass is 10.0. The first-order valence-electron chi connectivity index (χ1n) is 30.0. The Labute approximate surface area is 412 Å². The van der Waals surface area contributed by atoms with E-state index in [0.717, 1.165) is 57.8 Å². The number of esters is 3. The third-order valence-electron chi connectivity index (χ3n) is 13.9. The highest BCUT2D eigenvalue weighted by atomic mass is 16.6. The molecule has 0 spiro atoms. The Morgan fingerprint density at radius 2 is 0.409 bits per heavy atom. The van der Waals surface area contributed by atoms with Crippen molar-refractivity contribution in [2.45, 2.75) is 354 Å². The van der Waals surface area contributed by atoms with E-state index in [-0.39, 0.29) is 31.1 Å². The Morgan fingerprint density at radius 1 is 0.242 bits per heavy atom. The van der Waals surface area contributed by atoms with Gasteiger partial charge in [0.15, 0.2) is 6.10 Å². The fourth-order valence-electron chi connectivity index (χ4n) is 9.33. The van der Waals surface area contributed by atoms with E-state index in [9.17, 15) is 14.4 Å². The van der Waals surface area contributed by atoms with Crippen molar-refractivity contribution in [2.24, 2.45) is 0 Å². The van der Waals surface area contributed by atoms with Crippen molar-refractivity contribution >= 4 is 17.9 Å². The number of hydrogen-bond donors (Lipinski definition) is 0. The van der Waals surface area contributed by atoms with Gasteiger partial charge in [-0.05, 0) is 19.3 Å². The average Bonchev–Trinajstić information content (AvgIpc) is 3.31. The zero-order chi connectivity index (χ0) is 47.9. The van der Waals surface area contributed by atoms with Gasteiger partial charge < -0.3 is 14.2 Å². The van der Waals surface area contributed by atoms with E-state index < -0.39 is 6.10 Å². The summed E-state index contributed by atoms with van der Waals surface area (Å²) < 4.78 is 16.8. The topological polar surface area (TPSA) is 78.9 Å². The smallest absolute Gasteiger partial charge is 0.306 e. The van der Waals surface area contributed by atoms with Crippen molar-refractivity contribution in [1.82, 2.24) is 0 Å². The lowest BCUT2D eigenvalue weighted by Gasteiger charge is -2.18. The van der Waals surface area contributed by atoms with Crippen LogP contribution < -0.4 is 0 Å². The summed E-state index contributed by atoms with van der Waals surface area (Å²) in [6.07, 6.45) is 62.8. The summed E-state index contributed by atoms with van der Waals surface area (Å²) in [5, 5.41) is 0. The van der Waals surface area contributed by atoms with Crippen LogP contribution in [-0.4, -0.2) is 37.2 Å². The third kappa shape index (κ3) is 53.4. The molecular formula is C60H116O6. The van der Waals surface area contributed by atoms with E-state index in [4.69, 9.17) is 14.2 Å². The molecule has 0 amide bonds. The first kappa shape index (κ1) is 64.4. The molecule has 0 bridgehead atoms. The van der Waals surface area contributed by atoms with Crippen molar-refractivity contribution < 1.29 is 28.6 Å². The Bertz CT molecular complexity index is 982. The minimum atomic E-state index is -0.760. The quantitative estimate of drug-likeness (QED) is 0.0343. The highest BCUT2D eigenvalue weighted by Gasteiger charge is 2.19. The van der Waals surface area contributed by atoms with Crippen LogP contribution in [0.15, 0.2) is 0 Å². The largest absolute Gasteiger partial charge is 0.462 e. The van der Waals surface area contributed by atoms with Gasteiger partial charge in [0, 0.05) is 19.3 Å². The van der Waals surface area contributed by atoms with E-state index >= 15 is 0 Å². The molecular weight excluding hydrogens is 817 g/mol. The second-order valence-electron chi connectivity index (χ2n) is 20.6. The molecule has 0 aliphatic rings. The van der Waals surface area contributed by atoms with Gasteiger partial charge in [-0.15, -0.1) is 0 Å². The third-order valence-corrected chi connectivity index (χ3v) is 13.9. The highest BCUT2D eigenvalue weighted by Crippen LogP contribution is 2.18. The first-order valence-corrected chi connectivity index (χ1v) is 30.0. The van der Waals surface area contributed by atoms with Gasteiger partial charge in [0.25, 0.3) is 0 Å². The SMILES string of the molecule is CCCCCCCCCCCCCCCCCCCCCCCCCCC(=O)OCC(COC(=O)CCCCCCCC)OC(=O)CCCCCCCCCCCCCCCCCCCC. The van der Waals surface area contributed by atoms with E-state index in [2.05, 4.69) is 20.8 Å². The zero-order valence-electron chi connectivity index (χ0n) is 45.0. The number of rotatable bonds is 56. The van der Waals surface area contributed by atoms with Crippen LogP contribution in [0.4, 0.5) is 0 Å². The van der Waals surface area contributed by atoms with Crippen LogP contribution in [0.2, 0.25) is 0 Å². The summed E-state index contributed by atoms with van der Waals surface area (Å²) in [5.74, 6) is -0.845. The Balaban J connectivity index is 4.03. The molecule has 0 aliphatic carbocycles. The fourth-order valence-corrected chi connectivity index (χ4v) is 9.33. The standard InChI is InChI=1S/C60H116O6/c1-4-7-10-13-16-18-20-22-24-26-28-29-30-31-32-33-35-36-38-40-42-44-47-50-53-59(62)65-56-57(55-64-58(61)52-49-46-15-12-9-6-3)66-60(63)54-51-48-45-43-41-39-37-34-27-25-23-21-19-17-14-11-8-5-2/h57H,4-56H2,1-3H3. The molecule has 0 heterocycles. The van der Waals surface area contributed by atoms with Crippen molar-refractivity contribution in [3.8, 4) is 0 Å². The van der Waals surface area contributed by atoms with Gasteiger partial charge in [-0.2, -0.15) is 0 Å². The van der Waals surface area contributed by atoms with Gasteiger partial charge in [0.05, 0.1) is 0 Å². The molecule has 0 aromatic carbocycles. The summed E-state index contributed by atoms with van der Waals surface area (Å²) in [5.41, 5.74) is 0. The molecule has 392 valence electrons. The molecule has 6 heteroatoms. The van der Waals surface area contributed by atoms with Crippen molar-refractivity contribution in [2.75, 3.05) is 13.2 Å². The molecule has 0 saturated heterocycles. The fraction of sp³-hybridized carbons (Fsp3) is 0.950. The molecule has 0 saturated carbocycles. The lowest BCUT2D eigenvalue weighted by Crippen LogP contribution is -2.30. The minimum Gasteiger partial charge on any atom is -0.462 e. The van der Waals surface area contributed by atoms with Crippen LogP contribution in [0.1, 0.15) is 348 Å². The van der Waals surface area contributed by atoms with Crippen LogP contribution in [0.5, 0.6) is 0 Å². The number of unbranched alkanes of at least 4 members (excludes halogenated alkanes) is 45. The van der Waals surface area contributed by atoms with E-state index in [1.807, 2.05) is 0 Å². The van der Waals surface area contributed by atoms with E-state index in [0.29, 0.717) is 19.3 Å². The lowest BCUT2D eigenvalue weighted by molar-refractivity contribution is -0.167. The molecule has 0 rings (SSSR count). The summed E-state index contributed by atoms with van der Waals surface area (Å²) in [7, 11) is 0. The number of carbonyl (C=O) groups is 3. The van der Waals surface area contributed by atoms with E-state index in [1.165, 1.54) is 250 Å². The molecule has 0 aliphatic heterocycles. The molecule has 0 fully saturated rings. The molecule has 1 unspecified atom stereocenters. The van der Waals surface area contributed by atoms with Gasteiger partial charge in [-0.25, -0.2) is 0 Å². The molecule has 66 heavy (non-hydrogen) atoms. The second-order valence-corrected chi connectivity index (χ2v) is 20.6. The molecule has 0 radical (unpaired) electrons. The monoisotopic (exact) mass is 933 g/mol. The molecule has 1 atom stereocenters. The number of carbonyl (C=O) groups excluding carboxylic acids is 3. The Kier molecular flexibility index (Phi) is 54.7. The van der Waals surface area contributed by atoms with Gasteiger partial charge in [0.2, 0.25) is 0 Å². The summed E-state index contributed by atoms with van der Waals surface area (Å²) in [6, 6.07) is 0. The second kappa shape index (κ2) is 56.0. The van der Waals surface area contributed by atoms with Gasteiger partial charge >= 0.3 is 17.9 Å². The van der Waals surface area contributed by atoms with Crippen LogP contribution in [0, 0.1) is 0 Å². The normalized spacial score (nSPS) is 11.9. The number of hydrogen-bond acceptors (Lipinski definition) is 6. The minimum absolute atomic E-state index is 0.0621. The van der Waals surface area contributed by atoms with Gasteiger partial charge in [-0.3, -0.25) is 14.4 Å². The molecule has 0 aromatic rings. The Morgan fingerprint density at radius 3 is 0.606 bits per heavy atom. The van der Waals surface area contributed by atoms with Crippen molar-refractivity contribution in [1.29, 1.82) is 0 Å². The molecule has 0 N–H and O–H groups in total. The maximum Gasteiger partial charge on any atom is 0.306 e. The predicted octanol–water partition coefficient (Wildman–Crippen LogP) is 19.9. The van der Waals surface area contributed by atoms with Gasteiger partial charge in [-0.1, -0.05) is 310 Å². The maximum absolute atomic E-state index is 12.8. The van der Waals surface area contributed by atoms with Crippen LogP contribution in [0.3, 0.4) is 0 Å². The van der Waals surface area contributed by atoms with Crippen LogP contribution >= 0.6 is 0 Å². The summed E-state index contributed by atoms with van der Waals surface area (Å²) >= 11 is 0. The maximum atomic E-state index is 12.8. The summed E-state index contributed by atoms with van der Waals surface area (Å²) in [6.45, 7) is 6.65. The van der Waals surface area contributed by atoms with Crippen LogP contribution in [-0.2, 0) is 28.6 Å². The first-order chi connectivity index (χ1) is 32.5. The summed E-state index contributed by atoms with van der Waals surface area (Å²) in [4.78, 5) is 37.9. The number of ether oxygens (including phenoxy) is 3. The molecule has 0 aromatic heterocycles. The van der Waals surface area contributed by atoms with Crippen molar-refractivity contribution in [3.63, 3.8) is 0 Å². The molecule has 6 nitrogen and oxygen atoms in total. The Hall–Kier alpha value is -1.59. The zero-order valence-corrected chi connectivity index (χ0v) is 45.0. The van der Waals surface area contributed by atoms with Crippen molar-refractivity contribution in [3.05, 3.63) is 0 Å².